The van der Waals surface area contributed by atoms with E-state index in [1.54, 1.807) is 0 Å². The lowest BCUT2D eigenvalue weighted by atomic mass is 10.1. The third kappa shape index (κ3) is 3.80. The Labute approximate surface area is 101 Å². The fourth-order valence-corrected chi connectivity index (χ4v) is 1.17. The maximum atomic E-state index is 12.3. The molecule has 0 saturated heterocycles. The molecule has 0 fully saturated rings. The molecule has 2 nitrogen and oxygen atoms in total. The highest BCUT2D eigenvalue weighted by atomic mass is 35.5. The van der Waals surface area contributed by atoms with Crippen molar-refractivity contribution in [3.63, 3.8) is 0 Å². The minimum atomic E-state index is -5.01. The number of rotatable bonds is 1. The molecule has 0 atom stereocenters. The first-order chi connectivity index (χ1) is 8.00. The van der Waals surface area contributed by atoms with Gasteiger partial charge in [-0.3, -0.25) is 0 Å². The number of benzene rings is 1. The van der Waals surface area contributed by atoms with Gasteiger partial charge in [0.2, 0.25) is 0 Å². The molecule has 0 radical (unpaired) electrons. The van der Waals surface area contributed by atoms with Crippen LogP contribution >= 0.6 is 11.6 Å². The van der Waals surface area contributed by atoms with Crippen LogP contribution in [0.2, 0.25) is 0 Å². The van der Waals surface area contributed by atoms with Gasteiger partial charge in [-0.2, -0.15) is 26.3 Å². The van der Waals surface area contributed by atoms with Crippen molar-refractivity contribution < 1.29 is 35.9 Å². The molecule has 18 heavy (non-hydrogen) atoms. The van der Waals surface area contributed by atoms with Crippen molar-refractivity contribution in [2.75, 3.05) is 0 Å². The Morgan fingerprint density at radius 3 is 1.61 bits per heavy atom. The molecule has 0 saturated carbocycles. The monoisotopic (exact) mass is 292 g/mol. The van der Waals surface area contributed by atoms with Crippen LogP contribution in [0.1, 0.15) is 11.1 Å². The van der Waals surface area contributed by atoms with Crippen LogP contribution in [0.15, 0.2) is 18.2 Å². The van der Waals surface area contributed by atoms with Crippen molar-refractivity contribution in [1.82, 2.24) is 0 Å². The highest BCUT2D eigenvalue weighted by Crippen LogP contribution is 2.38. The van der Waals surface area contributed by atoms with Gasteiger partial charge in [-0.1, -0.05) is 0 Å². The lowest BCUT2D eigenvalue weighted by Crippen LogP contribution is -2.11. The van der Waals surface area contributed by atoms with E-state index in [1.165, 1.54) is 0 Å². The van der Waals surface area contributed by atoms with Crippen LogP contribution in [0.4, 0.5) is 31.1 Å². The van der Waals surface area contributed by atoms with Crippen molar-refractivity contribution in [3.8, 4) is 5.75 Å². The summed E-state index contributed by atoms with van der Waals surface area (Å²) in [4.78, 5) is 10.3. The third-order valence-electron chi connectivity index (χ3n) is 1.76. The van der Waals surface area contributed by atoms with E-state index < -0.39 is 34.7 Å². The Morgan fingerprint density at radius 1 is 0.944 bits per heavy atom. The molecule has 1 rings (SSSR count). The number of ether oxygens (including phenoxy) is 1. The Balaban J connectivity index is 3.34. The summed E-state index contributed by atoms with van der Waals surface area (Å²) in [5.41, 5.74) is -4.72. The SMILES string of the molecule is O=C(Cl)Oc1cc(C(F)(F)F)cc(C(F)(F)F)c1. The highest BCUT2D eigenvalue weighted by Gasteiger charge is 2.37. The molecule has 0 unspecified atom stereocenters. The molecule has 0 N–H and O–H groups in total. The first-order valence-corrected chi connectivity index (χ1v) is 4.55. The van der Waals surface area contributed by atoms with E-state index in [2.05, 4.69) is 4.74 Å². The van der Waals surface area contributed by atoms with Crippen molar-refractivity contribution in [2.24, 2.45) is 0 Å². The molecule has 9 heteroatoms. The van der Waals surface area contributed by atoms with Gasteiger partial charge in [0.1, 0.15) is 5.75 Å². The molecule has 0 amide bonds. The van der Waals surface area contributed by atoms with Gasteiger partial charge in [0.05, 0.1) is 11.1 Å². The Kier molecular flexibility index (Phi) is 3.80. The fraction of sp³-hybridized carbons (Fsp3) is 0.222. The maximum Gasteiger partial charge on any atom is 0.416 e. The predicted octanol–water partition coefficient (Wildman–Crippen LogP) is 4.46. The van der Waals surface area contributed by atoms with Gasteiger partial charge in [-0.05, 0) is 18.2 Å². The van der Waals surface area contributed by atoms with Crippen LogP contribution in [0.25, 0.3) is 0 Å². The molecular weight excluding hydrogens is 290 g/mol. The zero-order valence-corrected chi connectivity index (χ0v) is 8.95. The Morgan fingerprint density at radius 2 is 1.33 bits per heavy atom. The number of halogens is 7. The van der Waals surface area contributed by atoms with Crippen molar-refractivity contribution >= 4 is 17.0 Å². The molecular formula is C9H3ClF6O2. The Hall–Kier alpha value is -1.44. The third-order valence-corrected chi connectivity index (χ3v) is 1.84. The van der Waals surface area contributed by atoms with Gasteiger partial charge >= 0.3 is 17.8 Å². The van der Waals surface area contributed by atoms with Crippen molar-refractivity contribution in [2.45, 2.75) is 12.4 Å². The number of hydrogen-bond donors (Lipinski definition) is 0. The van der Waals surface area contributed by atoms with Gasteiger partial charge in [-0.15, -0.1) is 0 Å². The van der Waals surface area contributed by atoms with Gasteiger partial charge in [0.15, 0.2) is 0 Å². The summed E-state index contributed by atoms with van der Waals surface area (Å²) in [6.07, 6.45) is -10.0. The van der Waals surface area contributed by atoms with Gasteiger partial charge in [0.25, 0.3) is 0 Å². The largest absolute Gasteiger partial charge is 0.416 e. The lowest BCUT2D eigenvalue weighted by molar-refractivity contribution is -0.143. The minimum Gasteiger partial charge on any atom is -0.414 e. The van der Waals surface area contributed by atoms with Crippen LogP contribution in [0.3, 0.4) is 0 Å². The summed E-state index contributed by atoms with van der Waals surface area (Å²) in [7, 11) is 0. The van der Waals surface area contributed by atoms with E-state index in [0.29, 0.717) is 0 Å². The topological polar surface area (TPSA) is 26.3 Å². The quantitative estimate of drug-likeness (QED) is 0.564. The molecule has 1 aromatic rings. The van der Waals surface area contributed by atoms with Crippen LogP contribution in [-0.2, 0) is 12.4 Å². The molecule has 0 heterocycles. The van der Waals surface area contributed by atoms with E-state index in [1.807, 2.05) is 0 Å². The molecule has 0 aromatic heterocycles. The van der Waals surface area contributed by atoms with Gasteiger partial charge in [-0.25, -0.2) is 4.79 Å². The second-order valence-corrected chi connectivity index (χ2v) is 3.39. The number of carbonyl (C=O) groups excluding carboxylic acids is 1. The second-order valence-electron chi connectivity index (χ2n) is 3.08. The summed E-state index contributed by atoms with van der Waals surface area (Å²) in [5, 5.41) is 0. The van der Waals surface area contributed by atoms with Gasteiger partial charge < -0.3 is 4.74 Å². The van der Waals surface area contributed by atoms with E-state index in [0.717, 1.165) is 0 Å². The molecule has 100 valence electrons. The van der Waals surface area contributed by atoms with Crippen LogP contribution in [0, 0.1) is 0 Å². The summed E-state index contributed by atoms with van der Waals surface area (Å²) < 4.78 is 78.0. The van der Waals surface area contributed by atoms with E-state index in [-0.39, 0.29) is 18.2 Å². The maximum absolute atomic E-state index is 12.3. The number of hydrogen-bond acceptors (Lipinski definition) is 2. The molecule has 0 aliphatic carbocycles. The standard InChI is InChI=1S/C9H3ClF6O2/c10-7(17)18-6-2-4(8(11,12)13)1-5(3-6)9(14,15)16/h1-3H. The highest BCUT2D eigenvalue weighted by molar-refractivity contribution is 6.61. The first kappa shape index (κ1) is 14.6. The first-order valence-electron chi connectivity index (χ1n) is 4.17. The van der Waals surface area contributed by atoms with E-state index >= 15 is 0 Å². The molecule has 0 aliphatic rings. The molecule has 0 spiro atoms. The van der Waals surface area contributed by atoms with Gasteiger partial charge in [0, 0.05) is 11.6 Å². The van der Waals surface area contributed by atoms with Crippen LogP contribution in [-0.4, -0.2) is 5.43 Å². The zero-order chi connectivity index (χ0) is 14.1. The lowest BCUT2D eigenvalue weighted by Gasteiger charge is -2.13. The minimum absolute atomic E-state index is 0.0917. The summed E-state index contributed by atoms with van der Waals surface area (Å²) in [5.74, 6) is -0.933. The van der Waals surface area contributed by atoms with E-state index in [4.69, 9.17) is 11.6 Å². The normalized spacial score (nSPS) is 12.4. The fourth-order valence-electron chi connectivity index (χ4n) is 1.08. The zero-order valence-electron chi connectivity index (χ0n) is 8.19. The summed E-state index contributed by atoms with van der Waals surface area (Å²) in [6.45, 7) is 0. The average molecular weight is 293 g/mol. The number of carbonyl (C=O) groups is 1. The van der Waals surface area contributed by atoms with Crippen molar-refractivity contribution in [1.29, 1.82) is 0 Å². The smallest absolute Gasteiger partial charge is 0.414 e. The Bertz CT molecular complexity index is 433. The summed E-state index contributed by atoms with van der Waals surface area (Å²) >= 11 is 4.72. The van der Waals surface area contributed by atoms with Crippen LogP contribution in [0.5, 0.6) is 5.75 Å². The van der Waals surface area contributed by atoms with Crippen LogP contribution < -0.4 is 4.74 Å². The summed E-state index contributed by atoms with van der Waals surface area (Å²) in [6, 6.07) is 0.399. The molecule has 0 bridgehead atoms. The predicted molar refractivity (Wildman–Crippen MR) is 48.3 cm³/mol. The molecule has 0 aliphatic heterocycles. The van der Waals surface area contributed by atoms with Crippen molar-refractivity contribution in [3.05, 3.63) is 29.3 Å². The second kappa shape index (κ2) is 4.68. The molecule has 1 aromatic carbocycles. The van der Waals surface area contributed by atoms with E-state index in [9.17, 15) is 31.1 Å². The number of alkyl halides is 6. The average Bonchev–Trinajstić information content (AvgIpc) is 2.13.